The highest BCUT2D eigenvalue weighted by Gasteiger charge is 2.29. The van der Waals surface area contributed by atoms with Crippen LogP contribution in [-0.4, -0.2) is 229 Å². The van der Waals surface area contributed by atoms with Crippen molar-refractivity contribution in [2.24, 2.45) is 16.5 Å². The molecule has 478 valence electrons. The predicted molar refractivity (Wildman–Crippen MR) is 323 cm³/mol. The predicted octanol–water partition coefficient (Wildman–Crippen LogP) is -0.390. The summed E-state index contributed by atoms with van der Waals surface area (Å²) >= 11 is 0. The number of ether oxygens (including phenoxy) is 1. The number of nitrogens with two attached hydrogens (primary N) is 2. The van der Waals surface area contributed by atoms with E-state index < -0.39 is 53.8 Å². The zero-order valence-electron chi connectivity index (χ0n) is 49.6. The molecule has 0 aliphatic carbocycles. The Hall–Kier alpha value is -8.44. The van der Waals surface area contributed by atoms with Crippen LogP contribution in [0.5, 0.6) is 11.5 Å². The maximum atomic E-state index is 14.5. The van der Waals surface area contributed by atoms with Gasteiger partial charge in [0.25, 0.3) is 0 Å². The van der Waals surface area contributed by atoms with Gasteiger partial charge in [0, 0.05) is 98.0 Å². The molecule has 0 radical (unpaired) electrons. The van der Waals surface area contributed by atoms with Crippen LogP contribution < -0.4 is 53.4 Å². The molecule has 1 heterocycles. The van der Waals surface area contributed by atoms with Gasteiger partial charge in [-0.1, -0.05) is 61.5 Å². The Morgan fingerprint density at radius 1 is 0.552 bits per heavy atom. The molecule has 0 saturated carbocycles. The summed E-state index contributed by atoms with van der Waals surface area (Å²) in [6.07, 6.45) is 3.46. The first-order chi connectivity index (χ1) is 41.8. The lowest BCUT2D eigenvalue weighted by Crippen LogP contribution is -2.49. The topological polar surface area (TPSA) is 405 Å². The molecule has 0 unspecified atom stereocenters. The molecule has 1 aliphatic rings. The maximum absolute atomic E-state index is 14.5. The average molecular weight is 1220 g/mol. The Balaban J connectivity index is 1.23. The number of hydrogen-bond acceptors (Lipinski definition) is 16. The monoisotopic (exact) mass is 1220 g/mol. The van der Waals surface area contributed by atoms with E-state index in [4.69, 9.17) is 16.2 Å². The van der Waals surface area contributed by atoms with Crippen molar-refractivity contribution in [3.63, 3.8) is 0 Å². The molecule has 3 aromatic carbocycles. The molecular formula is C59H88N14O14. The molecule has 3 aromatic rings. The van der Waals surface area contributed by atoms with Crippen LogP contribution in [0.1, 0.15) is 80.9 Å². The van der Waals surface area contributed by atoms with Crippen LogP contribution in [0, 0.1) is 0 Å². The Bertz CT molecular complexity index is 2660. The Morgan fingerprint density at radius 3 is 1.69 bits per heavy atom. The number of phenolic OH excluding ortho intramolecular Hbond substituents is 1. The minimum absolute atomic E-state index is 0.0120. The van der Waals surface area contributed by atoms with Gasteiger partial charge in [-0.15, -0.1) is 0 Å². The third kappa shape index (κ3) is 30.0. The number of carbonyl (C=O) groups excluding carboxylic acids is 6. The lowest BCUT2D eigenvalue weighted by atomic mass is 9.90. The normalized spacial score (nSPS) is 15.0. The summed E-state index contributed by atoms with van der Waals surface area (Å²) in [6.45, 7) is 4.85. The quantitative estimate of drug-likeness (QED) is 0.0203. The largest absolute Gasteiger partial charge is 0.508 e. The van der Waals surface area contributed by atoms with Crippen LogP contribution in [0.25, 0.3) is 0 Å². The number of aliphatic imine (C=N–C) groups is 1. The molecule has 1 fully saturated rings. The number of carbonyl (C=O) groups is 9. The fourth-order valence-electron chi connectivity index (χ4n) is 9.23. The molecule has 1 aliphatic heterocycles. The molecular weight excluding hydrogens is 1130 g/mol. The SMILES string of the molecule is CCC(=O)NCCNC(=O)/N=C(/N)NCCC[C@@H](NC(=O)[C@@H](c1ccccc1)c1cccc(OCCCCNC(=O)[C@H](N)CCCCNC(=O)CN2CCN(CC(=O)O)CCN(CC(=O)O)CCN(CC(=O)O)CC2)c1)C(=O)NCc1ccc(O)cc1. The molecule has 7 amide bonds. The number of guanidine groups is 1. The molecule has 4 rings (SSSR count). The van der Waals surface area contributed by atoms with Crippen molar-refractivity contribution in [2.75, 3.05) is 118 Å². The summed E-state index contributed by atoms with van der Waals surface area (Å²) < 4.78 is 6.12. The molecule has 15 N–H and O–H groups in total. The van der Waals surface area contributed by atoms with Crippen molar-refractivity contribution < 1.29 is 68.3 Å². The summed E-state index contributed by atoms with van der Waals surface area (Å²) in [5, 5.41) is 57.8. The third-order valence-corrected chi connectivity index (χ3v) is 14.0. The van der Waals surface area contributed by atoms with Crippen LogP contribution in [0.3, 0.4) is 0 Å². The van der Waals surface area contributed by atoms with E-state index in [1.165, 1.54) is 12.1 Å². The van der Waals surface area contributed by atoms with Crippen molar-refractivity contribution in [1.82, 2.24) is 56.8 Å². The van der Waals surface area contributed by atoms with Crippen LogP contribution in [0.4, 0.5) is 4.79 Å². The van der Waals surface area contributed by atoms with E-state index in [1.807, 2.05) is 35.2 Å². The number of amides is 7. The number of phenols is 1. The fourth-order valence-corrected chi connectivity index (χ4v) is 9.23. The standard InChI is InChI=1S/C59H88N14O14/c1-2-49(75)63-25-26-66-59(86)69-58(61)65-24-11-17-48(56(84)67-37-42-18-20-45(74)21-19-42)68-57(85)54(43-12-4-3-5-13-43)44-14-10-15-46(36-44)87-35-9-8-23-64-55(83)47(60)16-6-7-22-62-50(76)38-70-27-29-71(39-51(77)78)31-33-73(41-53(81)82)34-32-72(30-28-70)40-52(79)80/h3-5,10,12-15,18-21,36,47-48,54,74H,2,6-9,11,16-17,22-35,37-41,60H2,1H3,(H,62,76)(H,63,75)(H,64,83)(H,67,84)(H,68,85)(H,77,78)(H,79,80)(H,81,82)(H4,61,65,66,69,86)/t47-,48-,54+/m1/s1. The number of aromatic hydroxyl groups is 1. The van der Waals surface area contributed by atoms with Gasteiger partial charge in [-0.05, 0) is 85.9 Å². The molecule has 3 atom stereocenters. The first-order valence-corrected chi connectivity index (χ1v) is 29.4. The number of aliphatic carboxylic acids is 3. The summed E-state index contributed by atoms with van der Waals surface area (Å²) in [5.74, 6) is -5.20. The van der Waals surface area contributed by atoms with Gasteiger partial charge in [-0.25, -0.2) is 4.79 Å². The number of nitrogens with one attached hydrogen (secondary N) is 7. The minimum atomic E-state index is -1.05. The zero-order valence-corrected chi connectivity index (χ0v) is 49.6. The van der Waals surface area contributed by atoms with E-state index in [1.54, 1.807) is 58.0 Å². The van der Waals surface area contributed by atoms with E-state index in [0.717, 1.165) is 5.56 Å². The highest BCUT2D eigenvalue weighted by Crippen LogP contribution is 2.28. The van der Waals surface area contributed by atoms with Crippen molar-refractivity contribution in [1.29, 1.82) is 0 Å². The Labute approximate surface area is 507 Å². The van der Waals surface area contributed by atoms with Gasteiger partial charge in [0.1, 0.15) is 17.5 Å². The first-order valence-electron chi connectivity index (χ1n) is 29.4. The number of unbranched alkanes of at least 4 members (excludes halogenated alkanes) is 2. The van der Waals surface area contributed by atoms with Gasteiger partial charge < -0.3 is 73.8 Å². The molecule has 87 heavy (non-hydrogen) atoms. The van der Waals surface area contributed by atoms with E-state index in [9.17, 15) is 63.6 Å². The maximum Gasteiger partial charge on any atom is 0.344 e. The lowest BCUT2D eigenvalue weighted by Gasteiger charge is -2.32. The van der Waals surface area contributed by atoms with E-state index in [2.05, 4.69) is 42.2 Å². The fraction of sp³-hybridized carbons (Fsp3) is 0.525. The van der Waals surface area contributed by atoms with E-state index >= 15 is 0 Å². The molecule has 0 bridgehead atoms. The minimum Gasteiger partial charge on any atom is -0.508 e. The number of carboxylic acid groups (broad SMARTS) is 3. The molecule has 28 nitrogen and oxygen atoms in total. The van der Waals surface area contributed by atoms with Crippen molar-refractivity contribution in [2.45, 2.75) is 82.8 Å². The lowest BCUT2D eigenvalue weighted by molar-refractivity contribution is -0.140. The first kappa shape index (κ1) is 71.0. The summed E-state index contributed by atoms with van der Waals surface area (Å²) in [5.41, 5.74) is 14.2. The average Bonchev–Trinajstić information content (AvgIpc) is 3.05. The highest BCUT2D eigenvalue weighted by atomic mass is 16.5. The summed E-state index contributed by atoms with van der Waals surface area (Å²) in [4.78, 5) is 123. The zero-order chi connectivity index (χ0) is 63.3. The number of benzene rings is 3. The summed E-state index contributed by atoms with van der Waals surface area (Å²) in [7, 11) is 0. The van der Waals surface area contributed by atoms with Crippen LogP contribution >= 0.6 is 0 Å². The van der Waals surface area contributed by atoms with Gasteiger partial charge in [0.15, 0.2) is 5.96 Å². The molecule has 0 aromatic heterocycles. The highest BCUT2D eigenvalue weighted by molar-refractivity contribution is 5.93. The Kier molecular flexibility index (Phi) is 32.7. The number of rotatable bonds is 35. The van der Waals surface area contributed by atoms with Crippen LogP contribution in [-0.2, 0) is 44.9 Å². The van der Waals surface area contributed by atoms with Gasteiger partial charge in [-0.3, -0.25) is 58.0 Å². The number of hydrogen-bond donors (Lipinski definition) is 13. The molecule has 28 heteroatoms. The van der Waals surface area contributed by atoms with Crippen molar-refractivity contribution >= 4 is 59.4 Å². The van der Waals surface area contributed by atoms with E-state index in [0.29, 0.717) is 94.6 Å². The third-order valence-electron chi connectivity index (χ3n) is 14.0. The Morgan fingerprint density at radius 2 is 1.09 bits per heavy atom. The van der Waals surface area contributed by atoms with Gasteiger partial charge >= 0.3 is 23.9 Å². The van der Waals surface area contributed by atoms with Crippen LogP contribution in [0.2, 0.25) is 0 Å². The second-order valence-corrected chi connectivity index (χ2v) is 20.9. The number of carboxylic acids is 3. The van der Waals surface area contributed by atoms with Gasteiger partial charge in [-0.2, -0.15) is 4.99 Å². The smallest absolute Gasteiger partial charge is 0.344 e. The van der Waals surface area contributed by atoms with Crippen molar-refractivity contribution in [3.8, 4) is 11.5 Å². The second kappa shape index (κ2) is 40.0. The molecule has 0 spiro atoms. The number of urea groups is 1. The number of nitrogens with zero attached hydrogens (tertiary/aromatic N) is 5. The summed E-state index contributed by atoms with van der Waals surface area (Å²) in [6, 6.07) is 20.1. The molecule has 1 saturated heterocycles. The van der Waals surface area contributed by atoms with E-state index in [-0.39, 0.29) is 127 Å². The second-order valence-electron chi connectivity index (χ2n) is 20.9. The van der Waals surface area contributed by atoms with Gasteiger partial charge in [0.2, 0.25) is 29.5 Å². The van der Waals surface area contributed by atoms with Crippen LogP contribution in [0.15, 0.2) is 83.9 Å². The van der Waals surface area contributed by atoms with Gasteiger partial charge in [0.05, 0.1) is 44.7 Å². The van der Waals surface area contributed by atoms with Crippen molar-refractivity contribution in [3.05, 3.63) is 95.6 Å².